The summed E-state index contributed by atoms with van der Waals surface area (Å²) in [4.78, 5) is 0. The van der Waals surface area contributed by atoms with E-state index in [0.29, 0.717) is 6.61 Å². The van der Waals surface area contributed by atoms with Gasteiger partial charge in [0, 0.05) is 6.42 Å². The lowest BCUT2D eigenvalue weighted by Gasteiger charge is -2.43. The van der Waals surface area contributed by atoms with Crippen LogP contribution < -0.4 is 4.74 Å². The summed E-state index contributed by atoms with van der Waals surface area (Å²) in [5.74, 6) is 3.59. The van der Waals surface area contributed by atoms with Crippen LogP contribution in [0.4, 0.5) is 0 Å². The molecule has 1 aromatic rings. The molecular weight excluding hydrogens is 404 g/mol. The molecule has 1 unspecified atom stereocenters. The predicted octanol–water partition coefficient (Wildman–Crippen LogP) is 9.01. The Hall–Kier alpha value is -1.28. The molecule has 0 saturated heterocycles. The predicted molar refractivity (Wildman–Crippen MR) is 143 cm³/mol. The molecular formula is C31H52O2. The fourth-order valence-corrected chi connectivity index (χ4v) is 5.27. The third-order valence-electron chi connectivity index (χ3n) is 7.84. The van der Waals surface area contributed by atoms with E-state index in [1.54, 1.807) is 0 Å². The van der Waals surface area contributed by atoms with Crippen LogP contribution in [0.3, 0.4) is 0 Å². The number of hydrogen-bond acceptors (Lipinski definition) is 2. The van der Waals surface area contributed by atoms with Crippen LogP contribution in [0.25, 0.3) is 0 Å². The maximum atomic E-state index is 6.73. The Morgan fingerprint density at radius 2 is 1.61 bits per heavy atom. The number of benzene rings is 1. The van der Waals surface area contributed by atoms with Crippen molar-refractivity contribution in [2.24, 2.45) is 17.8 Å². The molecule has 2 nitrogen and oxygen atoms in total. The van der Waals surface area contributed by atoms with Gasteiger partial charge in [-0.1, -0.05) is 90.8 Å². The molecule has 0 amide bonds. The summed E-state index contributed by atoms with van der Waals surface area (Å²) in [6, 6.07) is 4.42. The summed E-state index contributed by atoms with van der Waals surface area (Å²) in [6.07, 6.45) is 14.6. The number of hydrogen-bond donors (Lipinski definition) is 0. The van der Waals surface area contributed by atoms with E-state index in [2.05, 4.69) is 67.2 Å². The molecule has 2 rings (SSSR count). The van der Waals surface area contributed by atoms with Gasteiger partial charge in [0.1, 0.15) is 17.5 Å². The van der Waals surface area contributed by atoms with Gasteiger partial charge in [-0.2, -0.15) is 0 Å². The van der Waals surface area contributed by atoms with E-state index in [1.807, 2.05) is 6.08 Å². The summed E-state index contributed by atoms with van der Waals surface area (Å²) in [6.45, 7) is 20.6. The second kappa shape index (κ2) is 13.6. The molecule has 0 N–H and O–H groups in total. The summed E-state index contributed by atoms with van der Waals surface area (Å²) in [5.41, 5.74) is 3.57. The minimum absolute atomic E-state index is 0.0760. The maximum Gasteiger partial charge on any atom is 0.133 e. The Balaban J connectivity index is 1.83. The van der Waals surface area contributed by atoms with E-state index in [-0.39, 0.29) is 11.7 Å². The molecule has 1 aliphatic heterocycles. The molecule has 4 atom stereocenters. The van der Waals surface area contributed by atoms with E-state index in [1.165, 1.54) is 68.1 Å². The first-order valence-corrected chi connectivity index (χ1v) is 13.7. The first kappa shape index (κ1) is 28.0. The molecule has 0 saturated carbocycles. The molecule has 0 radical (unpaired) electrons. The van der Waals surface area contributed by atoms with Crippen LogP contribution in [-0.2, 0) is 11.2 Å². The fourth-order valence-electron chi connectivity index (χ4n) is 5.27. The van der Waals surface area contributed by atoms with Gasteiger partial charge >= 0.3 is 0 Å². The van der Waals surface area contributed by atoms with Crippen molar-refractivity contribution < 1.29 is 9.47 Å². The van der Waals surface area contributed by atoms with Crippen molar-refractivity contribution in [2.45, 2.75) is 124 Å². The fraction of sp³-hybridized carbons (Fsp3) is 0.742. The van der Waals surface area contributed by atoms with Crippen molar-refractivity contribution in [3.8, 4) is 5.75 Å². The largest absolute Gasteiger partial charge is 0.484 e. The minimum atomic E-state index is -0.279. The van der Waals surface area contributed by atoms with Gasteiger partial charge in [-0.25, -0.2) is 0 Å². The number of fused-ring (bicyclic) bond motifs is 1. The Labute approximate surface area is 205 Å². The van der Waals surface area contributed by atoms with E-state index >= 15 is 0 Å². The molecule has 0 fully saturated rings. The zero-order valence-corrected chi connectivity index (χ0v) is 22.8. The summed E-state index contributed by atoms with van der Waals surface area (Å²) < 4.78 is 13.0. The molecule has 1 aromatic carbocycles. The quantitative estimate of drug-likeness (QED) is 0.245. The molecule has 1 aliphatic rings. The highest BCUT2D eigenvalue weighted by molar-refractivity contribution is 5.47. The van der Waals surface area contributed by atoms with Crippen molar-refractivity contribution in [3.63, 3.8) is 0 Å². The third-order valence-corrected chi connectivity index (χ3v) is 7.84. The Bertz CT molecular complexity index is 722. The molecule has 1 heterocycles. The van der Waals surface area contributed by atoms with Crippen molar-refractivity contribution in [3.05, 3.63) is 41.5 Å². The van der Waals surface area contributed by atoms with E-state index < -0.39 is 0 Å². The van der Waals surface area contributed by atoms with Crippen molar-refractivity contribution in [1.82, 2.24) is 0 Å². The van der Waals surface area contributed by atoms with Gasteiger partial charge in [0.2, 0.25) is 0 Å². The molecule has 0 aromatic heterocycles. The Morgan fingerprint density at radius 1 is 1.00 bits per heavy atom. The lowest BCUT2D eigenvalue weighted by molar-refractivity contribution is -0.0917. The standard InChI is InChI=1S/C31H52O2/c1-9-21-32-29-22-28-19-18-26(6)27(7)30(28)33-31(29,8)20-12-17-25(5)16-11-15-24(4)14-10-13-23(2)3/h9,18-19,23-25,29H,1,10-17,20-22H2,2-8H3/t24?,25-,29-,31-/m1/s1. The summed E-state index contributed by atoms with van der Waals surface area (Å²) >= 11 is 0. The molecule has 0 bridgehead atoms. The van der Waals surface area contributed by atoms with Crippen LogP contribution in [0.2, 0.25) is 0 Å². The highest BCUT2D eigenvalue weighted by Crippen LogP contribution is 2.41. The van der Waals surface area contributed by atoms with Crippen LogP contribution in [0.1, 0.15) is 109 Å². The minimum Gasteiger partial charge on any atom is -0.484 e. The lowest BCUT2D eigenvalue weighted by Crippen LogP contribution is -2.50. The van der Waals surface area contributed by atoms with E-state index in [0.717, 1.165) is 36.3 Å². The molecule has 0 spiro atoms. The van der Waals surface area contributed by atoms with Crippen molar-refractivity contribution in [2.75, 3.05) is 6.61 Å². The van der Waals surface area contributed by atoms with Gasteiger partial charge in [-0.3, -0.25) is 0 Å². The van der Waals surface area contributed by atoms with Gasteiger partial charge in [-0.05, 0) is 68.1 Å². The molecule has 33 heavy (non-hydrogen) atoms. The zero-order valence-electron chi connectivity index (χ0n) is 22.8. The van der Waals surface area contributed by atoms with Crippen LogP contribution in [0.15, 0.2) is 24.8 Å². The van der Waals surface area contributed by atoms with Gasteiger partial charge in [0.25, 0.3) is 0 Å². The van der Waals surface area contributed by atoms with Gasteiger partial charge in [-0.15, -0.1) is 6.58 Å². The van der Waals surface area contributed by atoms with E-state index in [9.17, 15) is 0 Å². The van der Waals surface area contributed by atoms with Crippen molar-refractivity contribution in [1.29, 1.82) is 0 Å². The average Bonchev–Trinajstić information content (AvgIpc) is 2.75. The number of ether oxygens (including phenoxy) is 2. The van der Waals surface area contributed by atoms with Crippen LogP contribution in [0.5, 0.6) is 5.75 Å². The van der Waals surface area contributed by atoms with Crippen molar-refractivity contribution >= 4 is 0 Å². The number of rotatable bonds is 15. The SMILES string of the molecule is C=CCO[C@@H]1Cc2ccc(C)c(C)c2O[C@]1(C)CCC[C@H](C)CCCC(C)CCCC(C)C. The van der Waals surface area contributed by atoms with Crippen LogP contribution in [-0.4, -0.2) is 18.3 Å². The first-order valence-electron chi connectivity index (χ1n) is 13.7. The summed E-state index contributed by atoms with van der Waals surface area (Å²) in [7, 11) is 0. The zero-order chi connectivity index (χ0) is 24.4. The highest BCUT2D eigenvalue weighted by Gasteiger charge is 2.42. The second-order valence-corrected chi connectivity index (χ2v) is 11.6. The average molecular weight is 457 g/mol. The Kier molecular flexibility index (Phi) is 11.5. The molecule has 0 aliphatic carbocycles. The molecule has 2 heteroatoms. The van der Waals surface area contributed by atoms with E-state index in [4.69, 9.17) is 9.47 Å². The normalized spacial score (nSPS) is 22.0. The Morgan fingerprint density at radius 3 is 2.21 bits per heavy atom. The second-order valence-electron chi connectivity index (χ2n) is 11.6. The third kappa shape index (κ3) is 8.78. The smallest absolute Gasteiger partial charge is 0.133 e. The number of aryl methyl sites for hydroxylation is 1. The van der Waals surface area contributed by atoms with Gasteiger partial charge < -0.3 is 9.47 Å². The monoisotopic (exact) mass is 456 g/mol. The van der Waals surface area contributed by atoms with Gasteiger partial charge in [0.15, 0.2) is 0 Å². The lowest BCUT2D eigenvalue weighted by atomic mass is 9.83. The van der Waals surface area contributed by atoms with Gasteiger partial charge in [0.05, 0.1) is 6.61 Å². The summed E-state index contributed by atoms with van der Waals surface area (Å²) in [5, 5.41) is 0. The molecule has 188 valence electrons. The van der Waals surface area contributed by atoms with Crippen LogP contribution in [0, 0.1) is 31.6 Å². The van der Waals surface area contributed by atoms with Crippen LogP contribution >= 0.6 is 0 Å². The maximum absolute atomic E-state index is 6.73. The first-order chi connectivity index (χ1) is 15.7. The highest BCUT2D eigenvalue weighted by atomic mass is 16.6. The topological polar surface area (TPSA) is 18.5 Å².